The lowest BCUT2D eigenvalue weighted by molar-refractivity contribution is 0.0959. The molecule has 3 unspecified atom stereocenters. The Balaban J connectivity index is 1.63. The molecule has 0 amide bonds. The highest BCUT2D eigenvalue weighted by Crippen LogP contribution is 2.60. The van der Waals surface area contributed by atoms with Gasteiger partial charge in [-0.2, -0.15) is 0 Å². The highest BCUT2D eigenvalue weighted by molar-refractivity contribution is 6.01. The molecule has 2 aromatic rings. The van der Waals surface area contributed by atoms with Crippen molar-refractivity contribution in [1.82, 2.24) is 0 Å². The topological polar surface area (TPSA) is 17.1 Å². The van der Waals surface area contributed by atoms with Crippen molar-refractivity contribution >= 4 is 5.78 Å². The second-order valence-corrected chi connectivity index (χ2v) is 6.37. The second kappa shape index (κ2) is 4.84. The normalized spacial score (nSPS) is 25.9. The van der Waals surface area contributed by atoms with Crippen molar-refractivity contribution in [3.63, 3.8) is 0 Å². The summed E-state index contributed by atoms with van der Waals surface area (Å²) in [5, 5.41) is 0. The first-order chi connectivity index (χ1) is 10.3. The average molecular weight is 276 g/mol. The highest BCUT2D eigenvalue weighted by atomic mass is 16.1. The summed E-state index contributed by atoms with van der Waals surface area (Å²) < 4.78 is 0. The number of carbonyl (C=O) groups excluding carboxylic acids is 1. The van der Waals surface area contributed by atoms with Gasteiger partial charge in [-0.15, -0.1) is 0 Å². The van der Waals surface area contributed by atoms with Gasteiger partial charge in [0.15, 0.2) is 5.78 Å². The zero-order valence-corrected chi connectivity index (χ0v) is 12.4. The second-order valence-electron chi connectivity index (χ2n) is 6.37. The van der Waals surface area contributed by atoms with Crippen molar-refractivity contribution in [2.75, 3.05) is 0 Å². The minimum absolute atomic E-state index is 0.223. The fraction of sp³-hybridized carbons (Fsp3) is 0.350. The first-order valence-electron chi connectivity index (χ1n) is 8.00. The number of hydrogen-bond donors (Lipinski definition) is 0. The van der Waals surface area contributed by atoms with Crippen LogP contribution in [-0.4, -0.2) is 5.78 Å². The van der Waals surface area contributed by atoms with Crippen molar-refractivity contribution in [3.8, 4) is 0 Å². The molecular formula is C20H20O. The fourth-order valence-corrected chi connectivity index (χ4v) is 4.06. The van der Waals surface area contributed by atoms with Gasteiger partial charge in [-0.3, -0.25) is 4.79 Å². The van der Waals surface area contributed by atoms with E-state index in [0.29, 0.717) is 17.6 Å². The molecule has 1 saturated carbocycles. The maximum absolute atomic E-state index is 12.9. The maximum atomic E-state index is 12.9. The molecule has 2 aliphatic rings. The van der Waals surface area contributed by atoms with E-state index in [1.54, 1.807) is 0 Å². The van der Waals surface area contributed by atoms with Gasteiger partial charge in [-0.1, -0.05) is 49.4 Å². The molecular weight excluding hydrogens is 256 g/mol. The lowest BCUT2D eigenvalue weighted by Crippen LogP contribution is -2.04. The minimum atomic E-state index is 0.223. The molecule has 106 valence electrons. The standard InChI is InChI=1S/C20H20O/c1-2-13-6-5-8-15(12-13)20(21)19-17-11-10-14-7-3-4-9-16(14)18(17)19/h3-9,12,17-19H,2,10-11H2,1H3. The van der Waals surface area contributed by atoms with Crippen molar-refractivity contribution < 1.29 is 4.79 Å². The number of hydrogen-bond acceptors (Lipinski definition) is 1. The monoisotopic (exact) mass is 276 g/mol. The van der Waals surface area contributed by atoms with Crippen LogP contribution in [0.4, 0.5) is 0 Å². The lowest BCUT2D eigenvalue weighted by Gasteiger charge is -2.13. The molecule has 0 bridgehead atoms. The summed E-state index contributed by atoms with van der Waals surface area (Å²) in [5.74, 6) is 1.64. The predicted molar refractivity (Wildman–Crippen MR) is 84.6 cm³/mol. The van der Waals surface area contributed by atoms with E-state index >= 15 is 0 Å². The summed E-state index contributed by atoms with van der Waals surface area (Å²) in [6.07, 6.45) is 3.29. The van der Waals surface area contributed by atoms with E-state index in [1.165, 1.54) is 23.1 Å². The number of benzene rings is 2. The molecule has 1 heteroatoms. The molecule has 0 spiro atoms. The van der Waals surface area contributed by atoms with Crippen molar-refractivity contribution in [2.45, 2.75) is 32.1 Å². The third kappa shape index (κ3) is 2.03. The van der Waals surface area contributed by atoms with Gasteiger partial charge < -0.3 is 0 Å². The van der Waals surface area contributed by atoms with Crippen LogP contribution >= 0.6 is 0 Å². The fourth-order valence-electron chi connectivity index (χ4n) is 4.06. The summed E-state index contributed by atoms with van der Waals surface area (Å²) in [4.78, 5) is 12.9. The number of Topliss-reactive ketones (excluding diaryl/α,β-unsaturated/α-hetero) is 1. The number of fused-ring (bicyclic) bond motifs is 3. The summed E-state index contributed by atoms with van der Waals surface area (Å²) >= 11 is 0. The van der Waals surface area contributed by atoms with E-state index in [9.17, 15) is 4.79 Å². The van der Waals surface area contributed by atoms with Crippen molar-refractivity contribution in [2.24, 2.45) is 11.8 Å². The Morgan fingerprint density at radius 2 is 2.00 bits per heavy atom. The van der Waals surface area contributed by atoms with Gasteiger partial charge in [0.25, 0.3) is 0 Å². The van der Waals surface area contributed by atoms with Gasteiger partial charge >= 0.3 is 0 Å². The third-order valence-electron chi connectivity index (χ3n) is 5.25. The summed E-state index contributed by atoms with van der Waals surface area (Å²) in [5.41, 5.74) is 5.05. The van der Waals surface area contributed by atoms with Gasteiger partial charge in [0.1, 0.15) is 0 Å². The zero-order valence-electron chi connectivity index (χ0n) is 12.4. The van der Waals surface area contributed by atoms with Crippen LogP contribution in [0.2, 0.25) is 0 Å². The lowest BCUT2D eigenvalue weighted by atomic mass is 9.92. The Bertz CT molecular complexity index is 700. The molecule has 3 atom stereocenters. The summed E-state index contributed by atoms with van der Waals surface area (Å²) in [6.45, 7) is 2.14. The quantitative estimate of drug-likeness (QED) is 0.759. The SMILES string of the molecule is CCc1cccc(C(=O)C2C3CCc4ccccc4C32)c1. The molecule has 0 aliphatic heterocycles. The van der Waals surface area contributed by atoms with Crippen LogP contribution in [0.1, 0.15) is 46.3 Å². The van der Waals surface area contributed by atoms with E-state index in [1.807, 2.05) is 12.1 Å². The summed E-state index contributed by atoms with van der Waals surface area (Å²) in [6, 6.07) is 16.9. The van der Waals surface area contributed by atoms with Gasteiger partial charge in [0, 0.05) is 11.5 Å². The van der Waals surface area contributed by atoms with Crippen molar-refractivity contribution in [1.29, 1.82) is 0 Å². The van der Waals surface area contributed by atoms with Crippen LogP contribution in [0.25, 0.3) is 0 Å². The van der Waals surface area contributed by atoms with Crippen LogP contribution < -0.4 is 0 Å². The highest BCUT2D eigenvalue weighted by Gasteiger charge is 2.56. The molecule has 0 heterocycles. The van der Waals surface area contributed by atoms with Gasteiger partial charge in [-0.25, -0.2) is 0 Å². The molecule has 0 radical (unpaired) electrons. The van der Waals surface area contributed by atoms with Gasteiger partial charge in [0.2, 0.25) is 0 Å². The molecule has 0 aromatic heterocycles. The first-order valence-corrected chi connectivity index (χ1v) is 8.00. The number of rotatable bonds is 3. The van der Waals surface area contributed by atoms with Crippen LogP contribution in [0, 0.1) is 11.8 Å². The Hall–Kier alpha value is -1.89. The molecule has 2 aliphatic carbocycles. The predicted octanol–water partition coefficient (Wildman–Crippen LogP) is 4.41. The van der Waals surface area contributed by atoms with E-state index in [4.69, 9.17) is 0 Å². The maximum Gasteiger partial charge on any atom is 0.166 e. The number of ketones is 1. The Morgan fingerprint density at radius 3 is 2.86 bits per heavy atom. The van der Waals surface area contributed by atoms with E-state index in [2.05, 4.69) is 43.3 Å². The van der Waals surface area contributed by atoms with Gasteiger partial charge in [-0.05, 0) is 53.9 Å². The van der Waals surface area contributed by atoms with Crippen LogP contribution in [0.5, 0.6) is 0 Å². The number of carbonyl (C=O) groups is 1. The molecule has 21 heavy (non-hydrogen) atoms. The molecule has 0 saturated heterocycles. The number of aryl methyl sites for hydroxylation is 2. The largest absolute Gasteiger partial charge is 0.294 e. The third-order valence-corrected chi connectivity index (χ3v) is 5.25. The Kier molecular flexibility index (Phi) is 2.95. The molecule has 0 N–H and O–H groups in total. The van der Waals surface area contributed by atoms with Crippen LogP contribution in [-0.2, 0) is 12.8 Å². The zero-order chi connectivity index (χ0) is 14.4. The average Bonchev–Trinajstić information content (AvgIpc) is 3.29. The van der Waals surface area contributed by atoms with E-state index < -0.39 is 0 Å². The molecule has 4 rings (SSSR count). The Labute approximate surface area is 126 Å². The summed E-state index contributed by atoms with van der Waals surface area (Å²) in [7, 11) is 0. The Morgan fingerprint density at radius 1 is 1.14 bits per heavy atom. The smallest absolute Gasteiger partial charge is 0.166 e. The van der Waals surface area contributed by atoms with Crippen LogP contribution in [0.15, 0.2) is 48.5 Å². The first kappa shape index (κ1) is 12.8. The van der Waals surface area contributed by atoms with E-state index in [-0.39, 0.29) is 5.92 Å². The molecule has 2 aromatic carbocycles. The van der Waals surface area contributed by atoms with Gasteiger partial charge in [0.05, 0.1) is 0 Å². The van der Waals surface area contributed by atoms with Crippen LogP contribution in [0.3, 0.4) is 0 Å². The van der Waals surface area contributed by atoms with Crippen molar-refractivity contribution in [3.05, 3.63) is 70.8 Å². The van der Waals surface area contributed by atoms with E-state index in [0.717, 1.165) is 18.4 Å². The minimum Gasteiger partial charge on any atom is -0.294 e. The molecule has 1 fully saturated rings. The molecule has 1 nitrogen and oxygen atoms in total.